The maximum atomic E-state index is 9.79. The molecule has 60 valence electrons. The standard InChI is InChI=1S/C6H5NO2.C2H6/c8-6-3-1-5(7-9)2-4-6;1-2/h1-4,8H;1-2H3. The molecule has 0 saturated heterocycles. The number of aromatic hydroxyl groups is 1. The molecule has 11 heavy (non-hydrogen) atoms. The molecule has 0 radical (unpaired) electrons. The molecule has 1 aromatic rings. The second-order valence-electron chi connectivity index (χ2n) is 1.61. The van der Waals surface area contributed by atoms with E-state index in [4.69, 9.17) is 5.11 Å². The van der Waals surface area contributed by atoms with Crippen LogP contribution in [0.15, 0.2) is 29.4 Å². The number of phenolic OH excluding ortho intramolecular Hbond substituents is 1. The van der Waals surface area contributed by atoms with Gasteiger partial charge in [-0.1, -0.05) is 13.8 Å². The van der Waals surface area contributed by atoms with Gasteiger partial charge in [-0.25, -0.2) is 0 Å². The quantitative estimate of drug-likeness (QED) is 0.630. The van der Waals surface area contributed by atoms with E-state index in [9.17, 15) is 4.91 Å². The molecule has 1 aromatic carbocycles. The predicted octanol–water partition coefficient (Wildman–Crippen LogP) is 2.82. The van der Waals surface area contributed by atoms with Crippen molar-refractivity contribution in [3.63, 3.8) is 0 Å². The van der Waals surface area contributed by atoms with Crippen molar-refractivity contribution >= 4 is 5.69 Å². The van der Waals surface area contributed by atoms with E-state index in [-0.39, 0.29) is 5.75 Å². The van der Waals surface area contributed by atoms with Crippen LogP contribution in [-0.2, 0) is 0 Å². The molecule has 1 rings (SSSR count). The first-order valence-electron chi connectivity index (χ1n) is 3.45. The fraction of sp³-hybridized carbons (Fsp3) is 0.250. The number of phenols is 1. The summed E-state index contributed by atoms with van der Waals surface area (Å²) in [5, 5.41) is 11.4. The van der Waals surface area contributed by atoms with Gasteiger partial charge in [-0.05, 0) is 29.4 Å². The first kappa shape index (κ1) is 9.62. The summed E-state index contributed by atoms with van der Waals surface area (Å²) in [5.74, 6) is 0.141. The Morgan fingerprint density at radius 3 is 2.00 bits per heavy atom. The van der Waals surface area contributed by atoms with Gasteiger partial charge in [-0.2, -0.15) is 0 Å². The van der Waals surface area contributed by atoms with Gasteiger partial charge in [-0.15, -0.1) is 4.91 Å². The Kier molecular flexibility index (Phi) is 4.73. The van der Waals surface area contributed by atoms with Crippen molar-refractivity contribution in [2.24, 2.45) is 5.18 Å². The van der Waals surface area contributed by atoms with Gasteiger partial charge in [0.15, 0.2) is 0 Å². The smallest absolute Gasteiger partial charge is 0.115 e. The summed E-state index contributed by atoms with van der Waals surface area (Å²) in [7, 11) is 0. The zero-order valence-corrected chi connectivity index (χ0v) is 6.61. The third kappa shape index (κ3) is 3.35. The first-order chi connectivity index (χ1) is 5.33. The number of rotatable bonds is 1. The van der Waals surface area contributed by atoms with Crippen molar-refractivity contribution in [3.05, 3.63) is 29.2 Å². The molecule has 3 heteroatoms. The molecule has 0 unspecified atom stereocenters. The summed E-state index contributed by atoms with van der Waals surface area (Å²) < 4.78 is 0. The van der Waals surface area contributed by atoms with Crippen LogP contribution in [-0.4, -0.2) is 5.11 Å². The number of nitrogens with zero attached hydrogens (tertiary/aromatic N) is 1. The monoisotopic (exact) mass is 153 g/mol. The Labute approximate surface area is 65.7 Å². The second kappa shape index (κ2) is 5.41. The summed E-state index contributed by atoms with van der Waals surface area (Å²) in [5.41, 5.74) is 0.327. The van der Waals surface area contributed by atoms with Gasteiger partial charge in [-0.3, -0.25) is 0 Å². The molecule has 0 saturated carbocycles. The average molecular weight is 153 g/mol. The van der Waals surface area contributed by atoms with Crippen LogP contribution in [0.25, 0.3) is 0 Å². The van der Waals surface area contributed by atoms with Gasteiger partial charge in [0, 0.05) is 0 Å². The van der Waals surface area contributed by atoms with Crippen LogP contribution in [0.3, 0.4) is 0 Å². The van der Waals surface area contributed by atoms with Crippen LogP contribution in [0.1, 0.15) is 13.8 Å². The van der Waals surface area contributed by atoms with E-state index in [1.165, 1.54) is 24.3 Å². The van der Waals surface area contributed by atoms with E-state index in [1.807, 2.05) is 13.8 Å². The Bertz CT molecular complexity index is 206. The van der Waals surface area contributed by atoms with Crippen LogP contribution in [0.5, 0.6) is 5.75 Å². The minimum atomic E-state index is 0.141. The van der Waals surface area contributed by atoms with Crippen molar-refractivity contribution in [2.75, 3.05) is 0 Å². The minimum absolute atomic E-state index is 0.141. The zero-order valence-electron chi connectivity index (χ0n) is 6.61. The van der Waals surface area contributed by atoms with Gasteiger partial charge < -0.3 is 5.11 Å². The molecule has 0 spiro atoms. The first-order valence-corrected chi connectivity index (χ1v) is 3.45. The van der Waals surface area contributed by atoms with Gasteiger partial charge in [0.25, 0.3) is 0 Å². The Balaban J connectivity index is 0.000000461. The number of hydrogen-bond donors (Lipinski definition) is 1. The Morgan fingerprint density at radius 1 is 1.18 bits per heavy atom. The fourth-order valence-corrected chi connectivity index (χ4v) is 0.513. The average Bonchev–Trinajstić information content (AvgIpc) is 2.10. The zero-order chi connectivity index (χ0) is 8.69. The molecule has 0 aliphatic rings. The highest BCUT2D eigenvalue weighted by Crippen LogP contribution is 2.15. The molecule has 0 aliphatic carbocycles. The molecule has 0 aliphatic heterocycles. The van der Waals surface area contributed by atoms with Crippen LogP contribution in [0.2, 0.25) is 0 Å². The molecular weight excluding hydrogens is 142 g/mol. The molecule has 0 atom stereocenters. The van der Waals surface area contributed by atoms with Gasteiger partial charge in [0.05, 0.1) is 0 Å². The fourth-order valence-electron chi connectivity index (χ4n) is 0.513. The molecule has 0 bridgehead atoms. The lowest BCUT2D eigenvalue weighted by Gasteiger charge is -1.87. The number of hydrogen-bond acceptors (Lipinski definition) is 3. The van der Waals surface area contributed by atoms with E-state index in [0.717, 1.165) is 0 Å². The summed E-state index contributed by atoms with van der Waals surface area (Å²) in [6, 6.07) is 5.72. The van der Waals surface area contributed by atoms with Crippen molar-refractivity contribution in [2.45, 2.75) is 13.8 Å². The van der Waals surface area contributed by atoms with E-state index >= 15 is 0 Å². The predicted molar refractivity (Wildman–Crippen MR) is 44.9 cm³/mol. The van der Waals surface area contributed by atoms with Gasteiger partial charge >= 0.3 is 0 Å². The highest BCUT2D eigenvalue weighted by Gasteiger charge is 1.88. The topological polar surface area (TPSA) is 49.7 Å². The molecule has 0 fully saturated rings. The third-order valence-electron chi connectivity index (χ3n) is 0.955. The lowest BCUT2D eigenvalue weighted by atomic mass is 10.3. The largest absolute Gasteiger partial charge is 0.508 e. The Hall–Kier alpha value is -1.38. The van der Waals surface area contributed by atoms with E-state index in [2.05, 4.69) is 5.18 Å². The van der Waals surface area contributed by atoms with E-state index in [1.54, 1.807) is 0 Å². The third-order valence-corrected chi connectivity index (χ3v) is 0.955. The van der Waals surface area contributed by atoms with Crippen molar-refractivity contribution < 1.29 is 5.11 Å². The number of nitroso groups, excluding NO2 is 1. The SMILES string of the molecule is CC.O=Nc1ccc(O)cc1. The molecule has 0 aromatic heterocycles. The molecule has 3 nitrogen and oxygen atoms in total. The van der Waals surface area contributed by atoms with Crippen LogP contribution in [0.4, 0.5) is 5.69 Å². The molecule has 1 N–H and O–H groups in total. The highest BCUT2D eigenvalue weighted by molar-refractivity contribution is 5.40. The molecule has 0 amide bonds. The van der Waals surface area contributed by atoms with Crippen LogP contribution < -0.4 is 0 Å². The molecular formula is C8H11NO2. The molecule has 0 heterocycles. The lowest BCUT2D eigenvalue weighted by molar-refractivity contribution is 0.475. The van der Waals surface area contributed by atoms with Gasteiger partial charge in [0.2, 0.25) is 0 Å². The maximum absolute atomic E-state index is 9.79. The number of benzene rings is 1. The lowest BCUT2D eigenvalue weighted by Crippen LogP contribution is -1.61. The summed E-state index contributed by atoms with van der Waals surface area (Å²) in [4.78, 5) is 9.79. The van der Waals surface area contributed by atoms with Crippen molar-refractivity contribution in [1.29, 1.82) is 0 Å². The summed E-state index contributed by atoms with van der Waals surface area (Å²) >= 11 is 0. The van der Waals surface area contributed by atoms with E-state index in [0.29, 0.717) is 5.69 Å². The van der Waals surface area contributed by atoms with Crippen molar-refractivity contribution in [3.8, 4) is 5.75 Å². The van der Waals surface area contributed by atoms with Crippen molar-refractivity contribution in [1.82, 2.24) is 0 Å². The summed E-state index contributed by atoms with van der Waals surface area (Å²) in [6.07, 6.45) is 0. The van der Waals surface area contributed by atoms with E-state index < -0.39 is 0 Å². The highest BCUT2D eigenvalue weighted by atomic mass is 16.3. The second-order valence-corrected chi connectivity index (χ2v) is 1.61. The normalized spacial score (nSPS) is 7.82. The summed E-state index contributed by atoms with van der Waals surface area (Å²) in [6.45, 7) is 4.00. The minimum Gasteiger partial charge on any atom is -0.508 e. The van der Waals surface area contributed by atoms with Crippen LogP contribution in [0, 0.1) is 4.91 Å². The van der Waals surface area contributed by atoms with Crippen LogP contribution >= 0.6 is 0 Å². The van der Waals surface area contributed by atoms with Gasteiger partial charge in [0.1, 0.15) is 11.4 Å². The maximum Gasteiger partial charge on any atom is 0.115 e. The Morgan fingerprint density at radius 2 is 1.64 bits per heavy atom.